The van der Waals surface area contributed by atoms with Crippen LogP contribution in [0, 0.1) is 11.3 Å². The number of hydrogen-bond acceptors (Lipinski definition) is 7. The smallest absolute Gasteiger partial charge is 0.269 e. The highest BCUT2D eigenvalue weighted by atomic mass is 16.5. The summed E-state index contributed by atoms with van der Waals surface area (Å²) in [6.45, 7) is 8.65. The average Bonchev–Trinajstić information content (AvgIpc) is 2.91. The second kappa shape index (κ2) is 11.5. The van der Waals surface area contributed by atoms with E-state index in [4.69, 9.17) is 14.7 Å². The summed E-state index contributed by atoms with van der Waals surface area (Å²) in [5.41, 5.74) is 3.15. The number of pyridine rings is 1. The molecule has 0 spiro atoms. The first-order valence-electron chi connectivity index (χ1n) is 11.6. The lowest BCUT2D eigenvalue weighted by Crippen LogP contribution is -2.41. The first kappa shape index (κ1) is 24.2. The van der Waals surface area contributed by atoms with Gasteiger partial charge in [0.25, 0.3) is 5.91 Å². The number of nitriles is 1. The second-order valence-electron chi connectivity index (χ2n) is 8.27. The zero-order valence-corrected chi connectivity index (χ0v) is 19.8. The van der Waals surface area contributed by atoms with E-state index in [0.29, 0.717) is 35.8 Å². The minimum absolute atomic E-state index is 0.195. The molecule has 2 aromatic carbocycles. The van der Waals surface area contributed by atoms with Crippen LogP contribution in [0.2, 0.25) is 0 Å². The molecule has 0 unspecified atom stereocenters. The van der Waals surface area contributed by atoms with E-state index in [9.17, 15) is 4.79 Å². The van der Waals surface area contributed by atoms with Crippen molar-refractivity contribution in [1.82, 2.24) is 15.2 Å². The third-order valence-corrected chi connectivity index (χ3v) is 5.93. The molecule has 35 heavy (non-hydrogen) atoms. The zero-order valence-electron chi connectivity index (χ0n) is 19.8. The van der Waals surface area contributed by atoms with Gasteiger partial charge in [0.15, 0.2) is 0 Å². The number of nitrogens with zero attached hydrogens (tertiary/aromatic N) is 3. The minimum Gasteiger partial charge on any atom is -0.495 e. The summed E-state index contributed by atoms with van der Waals surface area (Å²) in [5.74, 6) is 0.474. The van der Waals surface area contributed by atoms with E-state index in [1.165, 1.54) is 0 Å². The fourth-order valence-electron chi connectivity index (χ4n) is 4.01. The monoisotopic (exact) mass is 471 g/mol. The van der Waals surface area contributed by atoms with Crippen LogP contribution in [0.5, 0.6) is 5.75 Å². The molecule has 1 fully saturated rings. The van der Waals surface area contributed by atoms with Crippen LogP contribution in [0.4, 0.5) is 5.69 Å². The Bertz CT molecular complexity index is 1260. The first-order chi connectivity index (χ1) is 17.1. The van der Waals surface area contributed by atoms with E-state index >= 15 is 0 Å². The van der Waals surface area contributed by atoms with Crippen molar-refractivity contribution in [2.75, 3.05) is 58.4 Å². The van der Waals surface area contributed by atoms with Crippen LogP contribution in [0.1, 0.15) is 10.5 Å². The molecule has 8 nitrogen and oxygen atoms in total. The lowest BCUT2D eigenvalue weighted by atomic mass is 10.0. The standard InChI is InChI=1S/C27H29N5O3/c1-19(17-28)18-30-26-22-16-21(7-6-20(22)8-9-25(26)34-2)23-4-3-5-24(31-23)27(33)29-10-11-32-12-14-35-15-13-32/h3-9,16,30H,1,10-15,18H2,2H3,(H,29,33). The van der Waals surface area contributed by atoms with Crippen LogP contribution < -0.4 is 15.4 Å². The van der Waals surface area contributed by atoms with Gasteiger partial charge in [-0.2, -0.15) is 5.26 Å². The molecular weight excluding hydrogens is 442 g/mol. The van der Waals surface area contributed by atoms with Crippen molar-refractivity contribution in [3.05, 3.63) is 66.4 Å². The van der Waals surface area contributed by atoms with Gasteiger partial charge in [-0.15, -0.1) is 0 Å². The van der Waals surface area contributed by atoms with Gasteiger partial charge in [0.1, 0.15) is 11.4 Å². The van der Waals surface area contributed by atoms with Crippen LogP contribution in [-0.4, -0.2) is 68.8 Å². The lowest BCUT2D eigenvalue weighted by molar-refractivity contribution is 0.0383. The van der Waals surface area contributed by atoms with Gasteiger partial charge in [-0.1, -0.05) is 30.8 Å². The van der Waals surface area contributed by atoms with Crippen LogP contribution in [0.3, 0.4) is 0 Å². The van der Waals surface area contributed by atoms with Gasteiger partial charge in [0.05, 0.1) is 37.8 Å². The first-order valence-corrected chi connectivity index (χ1v) is 11.6. The zero-order chi connectivity index (χ0) is 24.6. The van der Waals surface area contributed by atoms with Gasteiger partial charge in [0.2, 0.25) is 0 Å². The van der Waals surface area contributed by atoms with E-state index in [1.54, 1.807) is 13.2 Å². The summed E-state index contributed by atoms with van der Waals surface area (Å²) in [7, 11) is 1.61. The molecule has 2 heterocycles. The van der Waals surface area contributed by atoms with Gasteiger partial charge >= 0.3 is 0 Å². The summed E-state index contributed by atoms with van der Waals surface area (Å²) in [4.78, 5) is 19.6. The summed E-state index contributed by atoms with van der Waals surface area (Å²) in [6.07, 6.45) is 0. The minimum atomic E-state index is -0.195. The van der Waals surface area contributed by atoms with Crippen LogP contribution in [-0.2, 0) is 4.74 Å². The van der Waals surface area contributed by atoms with Gasteiger partial charge < -0.3 is 20.1 Å². The van der Waals surface area contributed by atoms with Crippen LogP contribution in [0.25, 0.3) is 22.0 Å². The van der Waals surface area contributed by atoms with Crippen molar-refractivity contribution < 1.29 is 14.3 Å². The number of methoxy groups -OCH3 is 1. The number of hydrogen-bond donors (Lipinski definition) is 2. The number of carbonyl (C=O) groups excluding carboxylic acids is 1. The molecule has 180 valence electrons. The lowest BCUT2D eigenvalue weighted by Gasteiger charge is -2.26. The molecule has 1 aliphatic heterocycles. The Morgan fingerprint density at radius 3 is 2.80 bits per heavy atom. The number of amides is 1. The SMILES string of the molecule is C=C(C#N)CNc1c(OC)ccc2ccc(-c3cccc(C(=O)NCCN4CCOCC4)n3)cc12. The molecule has 0 radical (unpaired) electrons. The number of anilines is 1. The Morgan fingerprint density at radius 1 is 1.23 bits per heavy atom. The number of nitrogens with one attached hydrogen (secondary N) is 2. The number of morpholine rings is 1. The van der Waals surface area contributed by atoms with Gasteiger partial charge in [-0.05, 0) is 29.7 Å². The molecular formula is C27H29N5O3. The number of fused-ring (bicyclic) bond motifs is 1. The highest BCUT2D eigenvalue weighted by Crippen LogP contribution is 2.35. The Hall–Kier alpha value is -3.93. The van der Waals surface area contributed by atoms with Crippen molar-refractivity contribution in [2.24, 2.45) is 0 Å². The number of rotatable bonds is 9. The topological polar surface area (TPSA) is 99.5 Å². The Labute approximate surface area is 205 Å². The molecule has 8 heteroatoms. The van der Waals surface area contributed by atoms with Crippen LogP contribution >= 0.6 is 0 Å². The maximum absolute atomic E-state index is 12.7. The van der Waals surface area contributed by atoms with Crippen molar-refractivity contribution in [2.45, 2.75) is 0 Å². The second-order valence-corrected chi connectivity index (χ2v) is 8.27. The fraction of sp³-hybridized carbons (Fsp3) is 0.296. The van der Waals surface area contributed by atoms with E-state index in [2.05, 4.69) is 33.2 Å². The van der Waals surface area contributed by atoms with Crippen molar-refractivity contribution in [3.63, 3.8) is 0 Å². The fourth-order valence-corrected chi connectivity index (χ4v) is 4.01. The Kier molecular flexibility index (Phi) is 7.93. The molecule has 4 rings (SSSR count). The van der Waals surface area contributed by atoms with Gasteiger partial charge in [-0.3, -0.25) is 9.69 Å². The van der Waals surface area contributed by atoms with Crippen molar-refractivity contribution in [3.8, 4) is 23.1 Å². The molecule has 0 bridgehead atoms. The molecule has 2 N–H and O–H groups in total. The maximum Gasteiger partial charge on any atom is 0.269 e. The van der Waals surface area contributed by atoms with Crippen molar-refractivity contribution >= 4 is 22.4 Å². The molecule has 1 aromatic heterocycles. The number of ether oxygens (including phenoxy) is 2. The van der Waals surface area contributed by atoms with Crippen molar-refractivity contribution in [1.29, 1.82) is 5.26 Å². The molecule has 0 atom stereocenters. The molecule has 1 saturated heterocycles. The van der Waals surface area contributed by atoms with E-state index in [0.717, 1.165) is 54.9 Å². The molecule has 1 amide bonds. The van der Waals surface area contributed by atoms with Crippen LogP contribution in [0.15, 0.2) is 60.7 Å². The number of benzene rings is 2. The third-order valence-electron chi connectivity index (χ3n) is 5.93. The van der Waals surface area contributed by atoms with E-state index < -0.39 is 0 Å². The predicted octanol–water partition coefficient (Wildman–Crippen LogP) is 3.46. The Morgan fingerprint density at radius 2 is 2.03 bits per heavy atom. The average molecular weight is 472 g/mol. The Balaban J connectivity index is 1.54. The largest absolute Gasteiger partial charge is 0.495 e. The highest BCUT2D eigenvalue weighted by molar-refractivity contribution is 5.99. The predicted molar refractivity (Wildman–Crippen MR) is 137 cm³/mol. The summed E-state index contributed by atoms with van der Waals surface area (Å²) < 4.78 is 10.9. The van der Waals surface area contributed by atoms with E-state index in [-0.39, 0.29) is 5.91 Å². The number of carbonyl (C=O) groups is 1. The third kappa shape index (κ3) is 5.96. The molecule has 1 aliphatic rings. The quantitative estimate of drug-likeness (QED) is 0.461. The molecule has 3 aromatic rings. The summed E-state index contributed by atoms with van der Waals surface area (Å²) >= 11 is 0. The van der Waals surface area contributed by atoms with Gasteiger partial charge in [0, 0.05) is 49.2 Å². The molecule has 0 aliphatic carbocycles. The summed E-state index contributed by atoms with van der Waals surface area (Å²) in [6, 6.07) is 17.4. The highest BCUT2D eigenvalue weighted by Gasteiger charge is 2.14. The van der Waals surface area contributed by atoms with E-state index in [1.807, 2.05) is 42.5 Å². The normalized spacial score (nSPS) is 13.7. The molecule has 0 saturated carbocycles. The summed E-state index contributed by atoms with van der Waals surface area (Å²) in [5, 5.41) is 17.2. The van der Waals surface area contributed by atoms with Gasteiger partial charge in [-0.25, -0.2) is 4.98 Å². The number of aromatic nitrogens is 1. The maximum atomic E-state index is 12.7.